The summed E-state index contributed by atoms with van der Waals surface area (Å²) in [7, 11) is 1.94. The van der Waals surface area contributed by atoms with Gasteiger partial charge in [-0.25, -0.2) is 4.98 Å². The number of ketones is 1. The van der Waals surface area contributed by atoms with Crippen LogP contribution >= 0.6 is 0 Å². The summed E-state index contributed by atoms with van der Waals surface area (Å²) in [5, 5.41) is 1.82. The highest BCUT2D eigenvalue weighted by Crippen LogP contribution is 2.23. The number of hydrogen-bond acceptors (Lipinski definition) is 4. The highest BCUT2D eigenvalue weighted by Gasteiger charge is 2.11. The molecule has 4 rings (SSSR count). The topological polar surface area (TPSA) is 60.7 Å². The van der Waals surface area contributed by atoms with Crippen molar-refractivity contribution in [3.8, 4) is 11.4 Å². The van der Waals surface area contributed by atoms with E-state index in [-0.39, 0.29) is 17.8 Å². The van der Waals surface area contributed by atoms with E-state index in [4.69, 9.17) is 4.11 Å². The summed E-state index contributed by atoms with van der Waals surface area (Å²) in [5.74, 6) is 0.785. The Balaban J connectivity index is 1.60. The molecule has 0 saturated carbocycles. The molecule has 3 heterocycles. The SMILES string of the molecule is [2H]C([2H])([2H])c1ccc(C(=O)Cc2cc3cc(-c4cnc(C)n4C)ncc3cn2)cc1. The molecular weight excluding hydrogens is 336 g/mol. The number of aryl methyl sites for hydroxylation is 2. The third-order valence-electron chi connectivity index (χ3n) is 4.69. The number of rotatable bonds is 4. The Morgan fingerprint density at radius 2 is 1.81 bits per heavy atom. The summed E-state index contributed by atoms with van der Waals surface area (Å²) in [6, 6.07) is 9.91. The fourth-order valence-electron chi connectivity index (χ4n) is 2.98. The van der Waals surface area contributed by atoms with Crippen LogP contribution in [0.3, 0.4) is 0 Å². The first-order valence-corrected chi connectivity index (χ1v) is 8.59. The number of aromatic nitrogens is 4. The van der Waals surface area contributed by atoms with Gasteiger partial charge in [0.05, 0.1) is 24.0 Å². The van der Waals surface area contributed by atoms with Crippen LogP contribution in [0.25, 0.3) is 22.2 Å². The Bertz CT molecular complexity index is 1240. The maximum atomic E-state index is 12.6. The number of Topliss-reactive ketones (excluding diaryl/α,β-unsaturated/α-hetero) is 1. The van der Waals surface area contributed by atoms with Crippen LogP contribution < -0.4 is 0 Å². The van der Waals surface area contributed by atoms with Crippen molar-refractivity contribution in [3.05, 3.63) is 77.6 Å². The van der Waals surface area contributed by atoms with Crippen LogP contribution in [0.5, 0.6) is 0 Å². The van der Waals surface area contributed by atoms with E-state index in [1.54, 1.807) is 30.7 Å². The van der Waals surface area contributed by atoms with Crippen molar-refractivity contribution in [2.45, 2.75) is 20.2 Å². The van der Waals surface area contributed by atoms with Crippen molar-refractivity contribution in [3.63, 3.8) is 0 Å². The molecule has 5 nitrogen and oxygen atoms in total. The van der Waals surface area contributed by atoms with Crippen LogP contribution in [-0.4, -0.2) is 25.3 Å². The Morgan fingerprint density at radius 3 is 2.52 bits per heavy atom. The lowest BCUT2D eigenvalue weighted by Gasteiger charge is -2.06. The average molecular weight is 359 g/mol. The van der Waals surface area contributed by atoms with Crippen molar-refractivity contribution in [1.82, 2.24) is 19.5 Å². The number of carbonyl (C=O) groups excluding carboxylic acids is 1. The van der Waals surface area contributed by atoms with Crippen molar-refractivity contribution < 1.29 is 8.91 Å². The highest BCUT2D eigenvalue weighted by molar-refractivity contribution is 5.97. The van der Waals surface area contributed by atoms with Crippen molar-refractivity contribution in [2.24, 2.45) is 7.05 Å². The van der Waals surface area contributed by atoms with E-state index in [0.717, 1.165) is 28.0 Å². The monoisotopic (exact) mass is 359 g/mol. The third kappa shape index (κ3) is 3.36. The number of nitrogens with zero attached hydrogens (tertiary/aromatic N) is 4. The Kier molecular flexibility index (Phi) is 3.46. The van der Waals surface area contributed by atoms with Crippen LogP contribution in [-0.2, 0) is 13.5 Å². The quantitative estimate of drug-likeness (QED) is 0.515. The lowest BCUT2D eigenvalue weighted by Crippen LogP contribution is -2.05. The van der Waals surface area contributed by atoms with Gasteiger partial charge in [-0.2, -0.15) is 0 Å². The van der Waals surface area contributed by atoms with Crippen molar-refractivity contribution in [2.75, 3.05) is 0 Å². The van der Waals surface area contributed by atoms with E-state index in [1.807, 2.05) is 30.7 Å². The molecule has 0 amide bonds. The first-order valence-electron chi connectivity index (χ1n) is 10.1. The Morgan fingerprint density at radius 1 is 1.04 bits per heavy atom. The van der Waals surface area contributed by atoms with E-state index in [0.29, 0.717) is 11.3 Å². The first-order chi connectivity index (χ1) is 14.2. The third-order valence-corrected chi connectivity index (χ3v) is 4.69. The fourth-order valence-corrected chi connectivity index (χ4v) is 2.98. The van der Waals surface area contributed by atoms with Crippen LogP contribution in [0.1, 0.15) is 31.6 Å². The molecular formula is C22H20N4O. The largest absolute Gasteiger partial charge is 0.330 e. The summed E-state index contributed by atoms with van der Waals surface area (Å²) in [6.45, 7) is -0.248. The molecule has 134 valence electrons. The van der Waals surface area contributed by atoms with Crippen LogP contribution in [0.15, 0.2) is 55.0 Å². The van der Waals surface area contributed by atoms with Crippen LogP contribution in [0.4, 0.5) is 0 Å². The Hall–Kier alpha value is -3.34. The minimum Gasteiger partial charge on any atom is -0.330 e. The molecule has 0 aliphatic carbocycles. The van der Waals surface area contributed by atoms with Crippen LogP contribution in [0, 0.1) is 13.8 Å². The Labute approximate surface area is 162 Å². The molecule has 27 heavy (non-hydrogen) atoms. The van der Waals surface area contributed by atoms with Crippen LogP contribution in [0.2, 0.25) is 0 Å². The lowest BCUT2D eigenvalue weighted by atomic mass is 10.0. The summed E-state index contributed by atoms with van der Waals surface area (Å²) in [5.41, 5.74) is 3.04. The molecule has 0 N–H and O–H groups in total. The second-order valence-corrected chi connectivity index (χ2v) is 6.52. The molecule has 5 heteroatoms. The number of hydrogen-bond donors (Lipinski definition) is 0. The van der Waals surface area contributed by atoms with Gasteiger partial charge in [0.15, 0.2) is 5.78 Å². The second kappa shape index (κ2) is 6.76. The number of imidazole rings is 1. The van der Waals surface area contributed by atoms with Gasteiger partial charge in [0.25, 0.3) is 0 Å². The van der Waals surface area contributed by atoms with Gasteiger partial charge in [-0.05, 0) is 31.3 Å². The van der Waals surface area contributed by atoms with Gasteiger partial charge >= 0.3 is 0 Å². The number of benzene rings is 1. The molecule has 0 fully saturated rings. The lowest BCUT2D eigenvalue weighted by molar-refractivity contribution is 0.0992. The van der Waals surface area contributed by atoms with Crippen molar-refractivity contribution >= 4 is 16.6 Å². The van der Waals surface area contributed by atoms with Crippen molar-refractivity contribution in [1.29, 1.82) is 0 Å². The predicted octanol–water partition coefficient (Wildman–Crippen LogP) is 4.07. The van der Waals surface area contributed by atoms with E-state index >= 15 is 0 Å². The fraction of sp³-hybridized carbons (Fsp3) is 0.182. The summed E-state index contributed by atoms with van der Waals surface area (Å²) >= 11 is 0. The predicted molar refractivity (Wildman–Crippen MR) is 106 cm³/mol. The average Bonchev–Trinajstić information content (AvgIpc) is 3.05. The molecule has 4 aromatic rings. The zero-order chi connectivity index (χ0) is 21.5. The van der Waals surface area contributed by atoms with Gasteiger partial charge in [-0.3, -0.25) is 14.8 Å². The van der Waals surface area contributed by atoms with Gasteiger partial charge in [0.2, 0.25) is 0 Å². The molecule has 0 atom stereocenters. The highest BCUT2D eigenvalue weighted by atomic mass is 16.1. The van der Waals surface area contributed by atoms with Gasteiger partial charge in [-0.1, -0.05) is 29.8 Å². The molecule has 0 unspecified atom stereocenters. The van der Waals surface area contributed by atoms with E-state index in [2.05, 4.69) is 15.0 Å². The maximum absolute atomic E-state index is 12.6. The van der Waals surface area contributed by atoms with Gasteiger partial charge in [0.1, 0.15) is 5.82 Å². The normalized spacial score (nSPS) is 13.2. The molecule has 0 aliphatic heterocycles. The van der Waals surface area contributed by atoms with Gasteiger partial charge in [0, 0.05) is 40.2 Å². The van der Waals surface area contributed by atoms with Gasteiger partial charge < -0.3 is 4.57 Å². The number of fused-ring (bicyclic) bond motifs is 1. The smallest absolute Gasteiger partial charge is 0.168 e. The van der Waals surface area contributed by atoms with E-state index < -0.39 is 6.85 Å². The molecule has 0 spiro atoms. The zero-order valence-electron chi connectivity index (χ0n) is 18.1. The molecule has 0 radical (unpaired) electrons. The summed E-state index contributed by atoms with van der Waals surface area (Å²) < 4.78 is 24.3. The first kappa shape index (κ1) is 13.8. The number of carbonyl (C=O) groups is 1. The zero-order valence-corrected chi connectivity index (χ0v) is 15.1. The van der Waals surface area contributed by atoms with Gasteiger partial charge in [-0.15, -0.1) is 0 Å². The summed E-state index contributed by atoms with van der Waals surface area (Å²) in [4.78, 5) is 25.8. The minimum atomic E-state index is -2.18. The molecule has 3 aromatic heterocycles. The molecule has 0 aliphatic rings. The number of pyridine rings is 2. The van der Waals surface area contributed by atoms with E-state index in [1.165, 1.54) is 12.1 Å². The molecule has 0 saturated heterocycles. The summed E-state index contributed by atoms with van der Waals surface area (Å²) in [6.07, 6.45) is 5.39. The van der Waals surface area contributed by atoms with E-state index in [9.17, 15) is 4.79 Å². The second-order valence-electron chi connectivity index (χ2n) is 6.52. The minimum absolute atomic E-state index is 0.115. The maximum Gasteiger partial charge on any atom is 0.168 e. The molecule has 1 aromatic carbocycles. The molecule has 0 bridgehead atoms. The standard InChI is InChI=1S/C22H20N4O/c1-14-4-6-16(7-5-14)22(27)10-19-8-17-9-20(25-12-18(17)11-24-19)21-13-23-15(2)26(21)3/h4-9,11-13H,10H2,1-3H3/i1D3.